The number of piperazine rings is 1. The van der Waals surface area contributed by atoms with E-state index in [0.717, 1.165) is 17.4 Å². The van der Waals surface area contributed by atoms with Crippen molar-refractivity contribution in [3.05, 3.63) is 95.4 Å². The molecular formula is C30H31F2N5O3. The zero-order valence-electron chi connectivity index (χ0n) is 22.5. The number of carbonyl (C=O) groups is 1. The molecule has 1 aliphatic rings. The lowest BCUT2D eigenvalue weighted by atomic mass is 10.1. The molecule has 1 fully saturated rings. The van der Waals surface area contributed by atoms with E-state index in [1.165, 1.54) is 12.1 Å². The van der Waals surface area contributed by atoms with E-state index in [-0.39, 0.29) is 5.78 Å². The number of pyridine rings is 1. The van der Waals surface area contributed by atoms with Crippen molar-refractivity contribution in [2.24, 2.45) is 0 Å². The number of halogens is 2. The maximum Gasteiger partial charge on any atom is 0.196 e. The third-order valence-electron chi connectivity index (χ3n) is 7.05. The maximum atomic E-state index is 13.6. The summed E-state index contributed by atoms with van der Waals surface area (Å²) >= 11 is 0. The highest BCUT2D eigenvalue weighted by Crippen LogP contribution is 2.25. The van der Waals surface area contributed by atoms with Crippen LogP contribution >= 0.6 is 0 Å². The van der Waals surface area contributed by atoms with Crippen LogP contribution in [0.5, 0.6) is 11.5 Å². The summed E-state index contributed by atoms with van der Waals surface area (Å²) < 4.78 is 40.1. The Morgan fingerprint density at radius 2 is 1.73 bits per heavy atom. The van der Waals surface area contributed by atoms with Crippen molar-refractivity contribution in [2.75, 3.05) is 44.7 Å². The highest BCUT2D eigenvalue weighted by molar-refractivity contribution is 5.97. The van der Waals surface area contributed by atoms with Crippen LogP contribution in [-0.2, 0) is 6.61 Å². The van der Waals surface area contributed by atoms with E-state index >= 15 is 0 Å². The van der Waals surface area contributed by atoms with Gasteiger partial charge in [0, 0.05) is 57.1 Å². The van der Waals surface area contributed by atoms with Crippen molar-refractivity contribution in [1.29, 1.82) is 0 Å². The van der Waals surface area contributed by atoms with E-state index in [0.29, 0.717) is 74.3 Å². The normalized spacial score (nSPS) is 13.8. The van der Waals surface area contributed by atoms with E-state index in [1.54, 1.807) is 30.3 Å². The largest absolute Gasteiger partial charge is 0.497 e. The molecule has 0 N–H and O–H groups in total. The van der Waals surface area contributed by atoms with Gasteiger partial charge in [0.15, 0.2) is 17.4 Å². The van der Waals surface area contributed by atoms with Gasteiger partial charge in [-0.25, -0.2) is 18.4 Å². The average molecular weight is 548 g/mol. The Balaban J connectivity index is 1.18. The number of Topliss-reactive ketones (excluding diaryl/α,β-unsaturated/α-hetero) is 1. The first kappa shape index (κ1) is 27.3. The molecule has 5 rings (SSSR count). The molecule has 4 aromatic rings. The summed E-state index contributed by atoms with van der Waals surface area (Å²) in [5.41, 5.74) is 2.75. The molecule has 208 valence electrons. The number of aromatic nitrogens is 3. The van der Waals surface area contributed by atoms with Crippen LogP contribution in [0.1, 0.15) is 28.0 Å². The lowest BCUT2D eigenvalue weighted by Crippen LogP contribution is -2.47. The van der Waals surface area contributed by atoms with E-state index in [1.807, 2.05) is 42.2 Å². The van der Waals surface area contributed by atoms with Crippen LogP contribution < -0.4 is 14.4 Å². The molecule has 0 atom stereocenters. The predicted octanol–water partition coefficient (Wildman–Crippen LogP) is 4.84. The number of nitrogens with zero attached hydrogens (tertiary/aromatic N) is 5. The molecule has 0 unspecified atom stereocenters. The topological polar surface area (TPSA) is 72.7 Å². The fourth-order valence-electron chi connectivity index (χ4n) is 4.78. The standard InChI is InChI=1S/C30H31F2N5O3/c1-21-27(28(38)9-11-35-12-14-36(15-13-35)25-17-23(31)16-24(32)18-25)19-34-37(21)30-29(4-3-10-33-30)40-20-22-5-7-26(39-2)8-6-22/h3-8,10,16-19H,9,11-15,20H2,1-2H3. The quantitative estimate of drug-likeness (QED) is 0.263. The highest BCUT2D eigenvalue weighted by Gasteiger charge is 2.22. The second-order valence-electron chi connectivity index (χ2n) is 9.65. The van der Waals surface area contributed by atoms with Gasteiger partial charge in [0.1, 0.15) is 24.0 Å². The molecule has 8 nitrogen and oxygen atoms in total. The monoisotopic (exact) mass is 547 g/mol. The van der Waals surface area contributed by atoms with Gasteiger partial charge in [-0.1, -0.05) is 12.1 Å². The molecule has 40 heavy (non-hydrogen) atoms. The van der Waals surface area contributed by atoms with Crippen molar-refractivity contribution in [3.63, 3.8) is 0 Å². The lowest BCUT2D eigenvalue weighted by Gasteiger charge is -2.36. The molecule has 0 radical (unpaired) electrons. The SMILES string of the molecule is COc1ccc(COc2cccnc2-n2ncc(C(=O)CCN3CCN(c4cc(F)cc(F)c4)CC3)c2C)cc1. The van der Waals surface area contributed by atoms with E-state index in [2.05, 4.69) is 15.0 Å². The number of ketones is 1. The molecule has 0 saturated carbocycles. The Bertz CT molecular complexity index is 1450. The zero-order chi connectivity index (χ0) is 28.1. The highest BCUT2D eigenvalue weighted by atomic mass is 19.1. The lowest BCUT2D eigenvalue weighted by molar-refractivity contribution is 0.0962. The maximum absolute atomic E-state index is 13.6. The molecule has 0 spiro atoms. The first-order chi connectivity index (χ1) is 19.4. The summed E-state index contributed by atoms with van der Waals surface area (Å²) in [6.45, 7) is 5.45. The van der Waals surface area contributed by atoms with E-state index < -0.39 is 11.6 Å². The minimum absolute atomic E-state index is 0.00462. The van der Waals surface area contributed by atoms with Gasteiger partial charge in [-0.2, -0.15) is 5.10 Å². The summed E-state index contributed by atoms with van der Waals surface area (Å²) in [4.78, 5) is 21.7. The second kappa shape index (κ2) is 12.3. The van der Waals surface area contributed by atoms with Gasteiger partial charge in [0.25, 0.3) is 0 Å². The fraction of sp³-hybridized carbons (Fsp3) is 0.300. The van der Waals surface area contributed by atoms with Crippen molar-refractivity contribution >= 4 is 11.5 Å². The molecule has 1 saturated heterocycles. The molecule has 1 aliphatic heterocycles. The van der Waals surface area contributed by atoms with Gasteiger partial charge in [0.2, 0.25) is 0 Å². The number of rotatable bonds is 10. The van der Waals surface area contributed by atoms with E-state index in [9.17, 15) is 13.6 Å². The van der Waals surface area contributed by atoms with Crippen molar-refractivity contribution in [2.45, 2.75) is 20.0 Å². The van der Waals surface area contributed by atoms with Crippen molar-refractivity contribution in [1.82, 2.24) is 19.7 Å². The Morgan fingerprint density at radius 3 is 2.42 bits per heavy atom. The first-order valence-electron chi connectivity index (χ1n) is 13.1. The van der Waals surface area contributed by atoms with Crippen LogP contribution in [0.2, 0.25) is 0 Å². The first-order valence-corrected chi connectivity index (χ1v) is 13.1. The molecule has 2 aromatic heterocycles. The number of ether oxygens (including phenoxy) is 2. The molecule has 10 heteroatoms. The Hall–Kier alpha value is -4.31. The molecule has 0 bridgehead atoms. The molecule has 0 aliphatic carbocycles. The molecule has 2 aromatic carbocycles. The third-order valence-corrected chi connectivity index (χ3v) is 7.05. The van der Waals surface area contributed by atoms with Crippen molar-refractivity contribution in [3.8, 4) is 17.3 Å². The van der Waals surface area contributed by atoms with Crippen LogP contribution in [-0.4, -0.2) is 65.3 Å². The van der Waals surface area contributed by atoms with Crippen LogP contribution in [0, 0.1) is 18.6 Å². The number of anilines is 1. The summed E-state index contributed by atoms with van der Waals surface area (Å²) in [7, 11) is 1.63. The summed E-state index contributed by atoms with van der Waals surface area (Å²) in [6.07, 6.45) is 3.58. The minimum Gasteiger partial charge on any atom is -0.497 e. The van der Waals surface area contributed by atoms with Crippen LogP contribution in [0.3, 0.4) is 0 Å². The Morgan fingerprint density at radius 1 is 1.00 bits per heavy atom. The fourth-order valence-corrected chi connectivity index (χ4v) is 4.78. The summed E-state index contributed by atoms with van der Waals surface area (Å²) in [5.74, 6) is 0.672. The van der Waals surface area contributed by atoms with Gasteiger partial charge in [-0.15, -0.1) is 0 Å². The number of benzene rings is 2. The van der Waals surface area contributed by atoms with E-state index in [4.69, 9.17) is 9.47 Å². The van der Waals surface area contributed by atoms with Gasteiger partial charge in [0.05, 0.1) is 24.6 Å². The van der Waals surface area contributed by atoms with Crippen LogP contribution in [0.4, 0.5) is 14.5 Å². The number of methoxy groups -OCH3 is 1. The number of hydrogen-bond acceptors (Lipinski definition) is 7. The third kappa shape index (κ3) is 6.28. The van der Waals surface area contributed by atoms with Crippen LogP contribution in [0.15, 0.2) is 67.0 Å². The average Bonchev–Trinajstić information content (AvgIpc) is 3.36. The summed E-state index contributed by atoms with van der Waals surface area (Å²) in [6, 6.07) is 14.8. The summed E-state index contributed by atoms with van der Waals surface area (Å²) in [5, 5.41) is 4.45. The van der Waals surface area contributed by atoms with Crippen molar-refractivity contribution < 1.29 is 23.0 Å². The zero-order valence-corrected chi connectivity index (χ0v) is 22.5. The molecule has 3 heterocycles. The van der Waals surface area contributed by atoms with Gasteiger partial charge < -0.3 is 14.4 Å². The molecular weight excluding hydrogens is 516 g/mol. The Kier molecular flexibility index (Phi) is 8.35. The predicted molar refractivity (Wildman–Crippen MR) is 147 cm³/mol. The number of carbonyl (C=O) groups excluding carboxylic acids is 1. The van der Waals surface area contributed by atoms with Gasteiger partial charge >= 0.3 is 0 Å². The van der Waals surface area contributed by atoms with Gasteiger partial charge in [-0.3, -0.25) is 9.69 Å². The molecule has 0 amide bonds. The minimum atomic E-state index is -0.583. The Labute approximate surface area is 231 Å². The number of hydrogen-bond donors (Lipinski definition) is 0. The smallest absolute Gasteiger partial charge is 0.196 e. The van der Waals surface area contributed by atoms with Gasteiger partial charge in [-0.05, 0) is 48.9 Å². The van der Waals surface area contributed by atoms with Crippen LogP contribution in [0.25, 0.3) is 5.82 Å². The second-order valence-corrected chi connectivity index (χ2v) is 9.65.